The summed E-state index contributed by atoms with van der Waals surface area (Å²) in [5, 5.41) is 3.10. The highest BCUT2D eigenvalue weighted by Crippen LogP contribution is 2.19. The Bertz CT molecular complexity index is 667. The van der Waals surface area contributed by atoms with E-state index in [0.29, 0.717) is 26.2 Å². The fourth-order valence-electron chi connectivity index (χ4n) is 3.14. The molecule has 0 unspecified atom stereocenters. The summed E-state index contributed by atoms with van der Waals surface area (Å²) in [5.41, 5.74) is 3.35. The number of rotatable bonds is 6. The molecule has 0 radical (unpaired) electrons. The lowest BCUT2D eigenvalue weighted by atomic mass is 10.0. The first-order chi connectivity index (χ1) is 12.3. The molecule has 2 aromatic rings. The van der Waals surface area contributed by atoms with Gasteiger partial charge >= 0.3 is 0 Å². The van der Waals surface area contributed by atoms with Gasteiger partial charge in [0.2, 0.25) is 5.91 Å². The summed E-state index contributed by atoms with van der Waals surface area (Å²) in [6.07, 6.45) is 1.12. The molecule has 0 spiro atoms. The third-order valence-corrected chi connectivity index (χ3v) is 4.46. The third-order valence-electron chi connectivity index (χ3n) is 4.46. The molecule has 4 heteroatoms. The van der Waals surface area contributed by atoms with Crippen LogP contribution in [-0.2, 0) is 20.7 Å². The Morgan fingerprint density at radius 2 is 1.84 bits per heavy atom. The zero-order valence-electron chi connectivity index (χ0n) is 14.6. The van der Waals surface area contributed by atoms with E-state index < -0.39 is 0 Å². The topological polar surface area (TPSA) is 47.6 Å². The van der Waals surface area contributed by atoms with Gasteiger partial charge in [0.25, 0.3) is 0 Å². The molecule has 1 heterocycles. The molecular weight excluding hydrogens is 314 g/mol. The van der Waals surface area contributed by atoms with Crippen LogP contribution in [0.5, 0.6) is 0 Å². The Morgan fingerprint density at radius 3 is 2.56 bits per heavy atom. The zero-order chi connectivity index (χ0) is 17.5. The van der Waals surface area contributed by atoms with E-state index in [1.807, 2.05) is 37.3 Å². The molecular formula is C21H25NO3. The largest absolute Gasteiger partial charge is 0.379 e. The summed E-state index contributed by atoms with van der Waals surface area (Å²) in [5.74, 6) is 0.0315. The molecule has 3 rings (SSSR count). The molecule has 0 aromatic heterocycles. The second kappa shape index (κ2) is 8.79. The smallest absolute Gasteiger partial charge is 0.224 e. The quantitative estimate of drug-likeness (QED) is 0.879. The Morgan fingerprint density at radius 1 is 1.12 bits per heavy atom. The summed E-state index contributed by atoms with van der Waals surface area (Å²) in [6.45, 7) is 3.80. The van der Waals surface area contributed by atoms with Crippen LogP contribution in [0.15, 0.2) is 54.6 Å². The molecule has 0 saturated carbocycles. The number of nitrogens with one attached hydrogen (secondary N) is 1. The molecule has 1 saturated heterocycles. The van der Waals surface area contributed by atoms with Crippen LogP contribution in [0.2, 0.25) is 0 Å². The molecule has 4 nitrogen and oxygen atoms in total. The minimum Gasteiger partial charge on any atom is -0.379 e. The van der Waals surface area contributed by atoms with Crippen LogP contribution >= 0.6 is 0 Å². The van der Waals surface area contributed by atoms with Gasteiger partial charge in [-0.1, -0.05) is 54.6 Å². The number of amides is 1. The van der Waals surface area contributed by atoms with Crippen molar-refractivity contribution in [3.63, 3.8) is 0 Å². The summed E-state index contributed by atoms with van der Waals surface area (Å²) >= 11 is 0. The lowest BCUT2D eigenvalue weighted by Gasteiger charge is -2.31. The number of benzene rings is 2. The molecule has 2 aromatic carbocycles. The number of ether oxygens (including phenoxy) is 2. The lowest BCUT2D eigenvalue weighted by molar-refractivity contribution is -0.125. The van der Waals surface area contributed by atoms with Crippen LogP contribution in [-0.4, -0.2) is 37.9 Å². The Hall–Kier alpha value is -2.17. The maximum Gasteiger partial charge on any atom is 0.224 e. The van der Waals surface area contributed by atoms with E-state index >= 15 is 0 Å². The first kappa shape index (κ1) is 17.6. The second-order valence-electron chi connectivity index (χ2n) is 6.27. The molecule has 1 amide bonds. The minimum absolute atomic E-state index is 0.0315. The van der Waals surface area contributed by atoms with Gasteiger partial charge in [-0.25, -0.2) is 0 Å². The lowest BCUT2D eigenvalue weighted by Crippen LogP contribution is -2.50. The van der Waals surface area contributed by atoms with Crippen LogP contribution in [0.4, 0.5) is 0 Å². The van der Waals surface area contributed by atoms with Gasteiger partial charge in [-0.15, -0.1) is 0 Å². The van der Waals surface area contributed by atoms with Gasteiger partial charge in [0.05, 0.1) is 19.1 Å². The first-order valence-corrected chi connectivity index (χ1v) is 8.89. The molecule has 2 atom stereocenters. The van der Waals surface area contributed by atoms with Crippen LogP contribution in [0.3, 0.4) is 0 Å². The van der Waals surface area contributed by atoms with E-state index in [0.717, 1.165) is 17.5 Å². The van der Waals surface area contributed by atoms with E-state index in [9.17, 15) is 4.79 Å². The van der Waals surface area contributed by atoms with Gasteiger partial charge in [0.15, 0.2) is 0 Å². The van der Waals surface area contributed by atoms with E-state index in [1.54, 1.807) is 0 Å². The predicted molar refractivity (Wildman–Crippen MR) is 98.4 cm³/mol. The van der Waals surface area contributed by atoms with Crippen LogP contribution in [0, 0.1) is 0 Å². The van der Waals surface area contributed by atoms with Crippen molar-refractivity contribution in [1.82, 2.24) is 5.32 Å². The van der Waals surface area contributed by atoms with Crippen molar-refractivity contribution >= 4 is 5.91 Å². The second-order valence-corrected chi connectivity index (χ2v) is 6.27. The van der Waals surface area contributed by atoms with Gasteiger partial charge in [0.1, 0.15) is 6.10 Å². The average Bonchev–Trinajstić information content (AvgIpc) is 2.65. The number of hydrogen-bond acceptors (Lipinski definition) is 3. The highest BCUT2D eigenvalue weighted by molar-refractivity contribution is 5.79. The van der Waals surface area contributed by atoms with E-state index in [4.69, 9.17) is 9.47 Å². The number of hydrogen-bond donors (Lipinski definition) is 1. The molecule has 1 fully saturated rings. The van der Waals surface area contributed by atoms with E-state index in [2.05, 4.69) is 29.6 Å². The monoisotopic (exact) mass is 339 g/mol. The van der Waals surface area contributed by atoms with E-state index in [1.165, 1.54) is 5.56 Å². The van der Waals surface area contributed by atoms with Crippen molar-refractivity contribution in [2.45, 2.75) is 31.9 Å². The van der Waals surface area contributed by atoms with Crippen LogP contribution in [0.25, 0.3) is 11.1 Å². The first-order valence-electron chi connectivity index (χ1n) is 8.89. The summed E-state index contributed by atoms with van der Waals surface area (Å²) in [4.78, 5) is 12.4. The van der Waals surface area contributed by atoms with Gasteiger partial charge in [-0.2, -0.15) is 0 Å². The maximum atomic E-state index is 12.4. The standard InChI is InChI=1S/C21H25NO3/c1-2-25-20-15-24-13-12-19(20)22-21(23)14-16-8-10-18(11-9-16)17-6-4-3-5-7-17/h3-11,19-20H,2,12-15H2,1H3,(H,22,23)/t19-,20-/m1/s1. The number of carbonyl (C=O) groups excluding carboxylic acids is 1. The highest BCUT2D eigenvalue weighted by atomic mass is 16.5. The average molecular weight is 339 g/mol. The van der Waals surface area contributed by atoms with E-state index in [-0.39, 0.29) is 18.1 Å². The Kier molecular flexibility index (Phi) is 6.20. The third kappa shape index (κ3) is 4.91. The van der Waals surface area contributed by atoms with Crippen molar-refractivity contribution in [2.75, 3.05) is 19.8 Å². The van der Waals surface area contributed by atoms with Crippen LogP contribution < -0.4 is 5.32 Å². The molecule has 0 bridgehead atoms. The number of carbonyl (C=O) groups is 1. The fraction of sp³-hybridized carbons (Fsp3) is 0.381. The van der Waals surface area contributed by atoms with Gasteiger partial charge in [-0.3, -0.25) is 4.79 Å². The van der Waals surface area contributed by atoms with Gasteiger partial charge in [0, 0.05) is 13.2 Å². The SMILES string of the molecule is CCO[C@@H]1COCC[C@H]1NC(=O)Cc1ccc(-c2ccccc2)cc1. The maximum absolute atomic E-state index is 12.4. The van der Waals surface area contributed by atoms with Gasteiger partial charge < -0.3 is 14.8 Å². The Labute approximate surface area is 149 Å². The summed E-state index contributed by atoms with van der Waals surface area (Å²) in [7, 11) is 0. The van der Waals surface area contributed by atoms with Crippen molar-refractivity contribution in [2.24, 2.45) is 0 Å². The van der Waals surface area contributed by atoms with Crippen molar-refractivity contribution in [1.29, 1.82) is 0 Å². The highest BCUT2D eigenvalue weighted by Gasteiger charge is 2.27. The summed E-state index contributed by atoms with van der Waals surface area (Å²) < 4.78 is 11.1. The molecule has 1 aliphatic heterocycles. The minimum atomic E-state index is -0.0526. The zero-order valence-corrected chi connectivity index (χ0v) is 14.6. The Balaban J connectivity index is 1.57. The normalized spacial score (nSPS) is 20.2. The molecule has 25 heavy (non-hydrogen) atoms. The molecule has 1 N–H and O–H groups in total. The summed E-state index contributed by atoms with van der Waals surface area (Å²) in [6, 6.07) is 18.4. The predicted octanol–water partition coefficient (Wildman–Crippen LogP) is 3.21. The van der Waals surface area contributed by atoms with Crippen molar-refractivity contribution in [3.8, 4) is 11.1 Å². The fourth-order valence-corrected chi connectivity index (χ4v) is 3.14. The van der Waals surface area contributed by atoms with Crippen molar-refractivity contribution < 1.29 is 14.3 Å². The van der Waals surface area contributed by atoms with Crippen molar-refractivity contribution in [3.05, 3.63) is 60.2 Å². The molecule has 1 aliphatic rings. The van der Waals surface area contributed by atoms with Crippen LogP contribution in [0.1, 0.15) is 18.9 Å². The molecule has 0 aliphatic carbocycles. The van der Waals surface area contributed by atoms with Gasteiger partial charge in [-0.05, 0) is 30.0 Å². The molecule has 132 valence electrons.